The second-order valence-corrected chi connectivity index (χ2v) is 5.41. The molecule has 0 bridgehead atoms. The molecule has 8 heteroatoms. The Hall–Kier alpha value is -3.55. The van der Waals surface area contributed by atoms with Crippen molar-refractivity contribution < 1.29 is 13.6 Å². The summed E-state index contributed by atoms with van der Waals surface area (Å²) >= 11 is 0. The number of anilines is 5. The Morgan fingerprint density at radius 1 is 0.923 bits per heavy atom. The number of nitrogens with one attached hydrogen (secondary N) is 3. The predicted octanol–water partition coefficient (Wildman–Crippen LogP) is 4.20. The number of halogens is 2. The monoisotopic (exact) mass is 355 g/mol. The van der Waals surface area contributed by atoms with Crippen molar-refractivity contribution in [1.82, 2.24) is 9.97 Å². The van der Waals surface area contributed by atoms with Crippen LogP contribution in [0.15, 0.2) is 54.7 Å². The molecule has 132 valence electrons. The van der Waals surface area contributed by atoms with E-state index in [4.69, 9.17) is 0 Å². The van der Waals surface area contributed by atoms with Crippen molar-refractivity contribution in [1.29, 1.82) is 0 Å². The van der Waals surface area contributed by atoms with Crippen LogP contribution >= 0.6 is 0 Å². The lowest BCUT2D eigenvalue weighted by Gasteiger charge is -2.10. The first-order valence-corrected chi connectivity index (χ1v) is 7.69. The SMILES string of the molecule is CC(=O)Nc1cccc(Nc2ccnc(Nc3ccc(F)c(F)c3)n2)c1. The third kappa shape index (κ3) is 4.50. The van der Waals surface area contributed by atoms with Crippen LogP contribution in [0.25, 0.3) is 0 Å². The second kappa shape index (κ2) is 7.56. The van der Waals surface area contributed by atoms with Gasteiger partial charge in [0.05, 0.1) is 0 Å². The van der Waals surface area contributed by atoms with Gasteiger partial charge in [-0.3, -0.25) is 4.79 Å². The van der Waals surface area contributed by atoms with Gasteiger partial charge < -0.3 is 16.0 Å². The first-order chi connectivity index (χ1) is 12.5. The highest BCUT2D eigenvalue weighted by Gasteiger charge is 2.05. The zero-order valence-electron chi connectivity index (χ0n) is 13.8. The van der Waals surface area contributed by atoms with Gasteiger partial charge in [-0.2, -0.15) is 4.98 Å². The summed E-state index contributed by atoms with van der Waals surface area (Å²) in [5.41, 5.74) is 1.69. The largest absolute Gasteiger partial charge is 0.340 e. The molecule has 0 atom stereocenters. The van der Waals surface area contributed by atoms with Crippen LogP contribution in [0.3, 0.4) is 0 Å². The van der Waals surface area contributed by atoms with Gasteiger partial charge in [-0.05, 0) is 36.4 Å². The summed E-state index contributed by atoms with van der Waals surface area (Å²) in [5, 5.41) is 8.59. The highest BCUT2D eigenvalue weighted by Crippen LogP contribution is 2.21. The number of carbonyl (C=O) groups excluding carboxylic acids is 1. The number of hydrogen-bond acceptors (Lipinski definition) is 5. The third-order valence-electron chi connectivity index (χ3n) is 3.29. The fraction of sp³-hybridized carbons (Fsp3) is 0.0556. The van der Waals surface area contributed by atoms with Gasteiger partial charge in [-0.15, -0.1) is 0 Å². The standard InChI is InChI=1S/C18H15F2N5O/c1-11(26)22-12-3-2-4-13(9-12)23-17-7-8-21-18(25-17)24-14-5-6-15(19)16(20)10-14/h2-10H,1H3,(H,22,26)(H2,21,23,24,25). The molecule has 6 nitrogen and oxygen atoms in total. The van der Waals surface area contributed by atoms with E-state index in [1.807, 2.05) is 6.07 Å². The number of aromatic nitrogens is 2. The Bertz CT molecular complexity index is 948. The molecule has 0 spiro atoms. The molecule has 0 aliphatic rings. The van der Waals surface area contributed by atoms with E-state index in [-0.39, 0.29) is 11.9 Å². The summed E-state index contributed by atoms with van der Waals surface area (Å²) in [7, 11) is 0. The molecule has 3 aromatic rings. The Kier molecular flexibility index (Phi) is 5.02. The fourth-order valence-electron chi connectivity index (χ4n) is 2.22. The summed E-state index contributed by atoms with van der Waals surface area (Å²) in [6, 6.07) is 12.2. The van der Waals surface area contributed by atoms with Crippen molar-refractivity contribution in [2.24, 2.45) is 0 Å². The summed E-state index contributed by atoms with van der Waals surface area (Å²) in [6.45, 7) is 1.43. The molecule has 3 N–H and O–H groups in total. The maximum Gasteiger partial charge on any atom is 0.229 e. The molecule has 2 aromatic carbocycles. The van der Waals surface area contributed by atoms with Crippen LogP contribution in [0.1, 0.15) is 6.92 Å². The van der Waals surface area contributed by atoms with E-state index >= 15 is 0 Å². The van der Waals surface area contributed by atoms with Crippen molar-refractivity contribution in [3.8, 4) is 0 Å². The Labute approximate surface area is 148 Å². The molecule has 1 heterocycles. The van der Waals surface area contributed by atoms with Crippen molar-refractivity contribution >= 4 is 34.7 Å². The van der Waals surface area contributed by atoms with Gasteiger partial charge in [0, 0.05) is 36.2 Å². The summed E-state index contributed by atoms with van der Waals surface area (Å²) in [4.78, 5) is 19.5. The van der Waals surface area contributed by atoms with Gasteiger partial charge in [0.15, 0.2) is 11.6 Å². The molecule has 0 aliphatic heterocycles. The van der Waals surface area contributed by atoms with Crippen LogP contribution in [0, 0.1) is 11.6 Å². The topological polar surface area (TPSA) is 78.9 Å². The molecule has 0 saturated carbocycles. The lowest BCUT2D eigenvalue weighted by molar-refractivity contribution is -0.114. The number of hydrogen-bond donors (Lipinski definition) is 3. The average Bonchev–Trinajstić information content (AvgIpc) is 2.58. The van der Waals surface area contributed by atoms with E-state index in [2.05, 4.69) is 25.9 Å². The maximum atomic E-state index is 13.3. The molecule has 1 aromatic heterocycles. The van der Waals surface area contributed by atoms with E-state index in [9.17, 15) is 13.6 Å². The molecular weight excluding hydrogens is 340 g/mol. The zero-order valence-corrected chi connectivity index (χ0v) is 13.8. The second-order valence-electron chi connectivity index (χ2n) is 5.41. The Balaban J connectivity index is 1.75. The normalized spacial score (nSPS) is 10.3. The lowest BCUT2D eigenvalue weighted by Crippen LogP contribution is -2.06. The molecule has 0 unspecified atom stereocenters. The minimum absolute atomic E-state index is 0.165. The van der Waals surface area contributed by atoms with Crippen LogP contribution in [0.4, 0.5) is 37.6 Å². The number of amides is 1. The van der Waals surface area contributed by atoms with Gasteiger partial charge >= 0.3 is 0 Å². The molecule has 0 saturated heterocycles. The first-order valence-electron chi connectivity index (χ1n) is 7.69. The van der Waals surface area contributed by atoms with Crippen LogP contribution in [-0.4, -0.2) is 15.9 Å². The fourth-order valence-corrected chi connectivity index (χ4v) is 2.22. The van der Waals surface area contributed by atoms with Crippen molar-refractivity contribution in [3.05, 3.63) is 66.4 Å². The molecule has 1 amide bonds. The van der Waals surface area contributed by atoms with E-state index < -0.39 is 11.6 Å². The van der Waals surface area contributed by atoms with Crippen LogP contribution in [0.5, 0.6) is 0 Å². The van der Waals surface area contributed by atoms with Crippen LogP contribution < -0.4 is 16.0 Å². The Morgan fingerprint density at radius 2 is 1.69 bits per heavy atom. The molecule has 0 aliphatic carbocycles. The van der Waals surface area contributed by atoms with E-state index in [1.54, 1.807) is 24.3 Å². The van der Waals surface area contributed by atoms with Crippen LogP contribution in [0.2, 0.25) is 0 Å². The maximum absolute atomic E-state index is 13.3. The minimum atomic E-state index is -0.959. The molecule has 26 heavy (non-hydrogen) atoms. The molecule has 0 fully saturated rings. The molecule has 0 radical (unpaired) electrons. The van der Waals surface area contributed by atoms with Gasteiger partial charge in [-0.25, -0.2) is 13.8 Å². The number of carbonyl (C=O) groups is 1. The van der Waals surface area contributed by atoms with E-state index in [0.717, 1.165) is 12.1 Å². The molecular formula is C18H15F2N5O. The zero-order chi connectivity index (χ0) is 18.5. The molecule has 3 rings (SSSR count). The third-order valence-corrected chi connectivity index (χ3v) is 3.29. The van der Waals surface area contributed by atoms with Crippen molar-refractivity contribution in [3.63, 3.8) is 0 Å². The highest BCUT2D eigenvalue weighted by atomic mass is 19.2. The van der Waals surface area contributed by atoms with Crippen LogP contribution in [-0.2, 0) is 4.79 Å². The van der Waals surface area contributed by atoms with Crippen molar-refractivity contribution in [2.45, 2.75) is 6.92 Å². The lowest BCUT2D eigenvalue weighted by atomic mass is 10.2. The van der Waals surface area contributed by atoms with E-state index in [1.165, 1.54) is 19.2 Å². The Morgan fingerprint density at radius 3 is 2.46 bits per heavy atom. The average molecular weight is 355 g/mol. The van der Waals surface area contributed by atoms with Gasteiger partial charge in [0.2, 0.25) is 11.9 Å². The summed E-state index contributed by atoms with van der Waals surface area (Å²) < 4.78 is 26.3. The summed E-state index contributed by atoms with van der Waals surface area (Å²) in [6.07, 6.45) is 1.52. The number of benzene rings is 2. The number of nitrogens with zero attached hydrogens (tertiary/aromatic N) is 2. The highest BCUT2D eigenvalue weighted by molar-refractivity contribution is 5.89. The number of rotatable bonds is 5. The van der Waals surface area contributed by atoms with Crippen molar-refractivity contribution in [2.75, 3.05) is 16.0 Å². The minimum Gasteiger partial charge on any atom is -0.340 e. The van der Waals surface area contributed by atoms with Gasteiger partial charge in [-0.1, -0.05) is 6.07 Å². The van der Waals surface area contributed by atoms with Gasteiger partial charge in [0.1, 0.15) is 5.82 Å². The first kappa shape index (κ1) is 17.3. The quantitative estimate of drug-likeness (QED) is 0.639. The van der Waals surface area contributed by atoms with E-state index in [0.29, 0.717) is 22.9 Å². The predicted molar refractivity (Wildman–Crippen MR) is 95.7 cm³/mol. The van der Waals surface area contributed by atoms with Gasteiger partial charge in [0.25, 0.3) is 0 Å². The smallest absolute Gasteiger partial charge is 0.229 e. The summed E-state index contributed by atoms with van der Waals surface area (Å²) in [5.74, 6) is -1.34.